The van der Waals surface area contributed by atoms with Crippen molar-refractivity contribution in [2.45, 2.75) is 32.9 Å². The van der Waals surface area contributed by atoms with Gasteiger partial charge in [-0.05, 0) is 49.2 Å². The van der Waals surface area contributed by atoms with E-state index in [0.717, 1.165) is 25.4 Å². The van der Waals surface area contributed by atoms with Gasteiger partial charge in [0.05, 0.1) is 0 Å². The Morgan fingerprint density at radius 1 is 1.04 bits per heavy atom. The average Bonchev–Trinajstić information content (AvgIpc) is 2.65. The molecule has 140 valence electrons. The third-order valence-electron chi connectivity index (χ3n) is 5.25. The smallest absolute Gasteiger partial charge is 0.119 e. The minimum atomic E-state index is 0.266. The summed E-state index contributed by atoms with van der Waals surface area (Å²) in [7, 11) is 0. The van der Waals surface area contributed by atoms with Crippen molar-refractivity contribution >= 4 is 5.69 Å². The van der Waals surface area contributed by atoms with Crippen LogP contribution in [0.5, 0.6) is 11.5 Å². The van der Waals surface area contributed by atoms with Crippen molar-refractivity contribution in [3.05, 3.63) is 54.6 Å². The quantitative estimate of drug-likeness (QED) is 0.850. The minimum Gasteiger partial charge on any atom is -0.508 e. The van der Waals surface area contributed by atoms with Gasteiger partial charge in [-0.1, -0.05) is 32.0 Å². The molecule has 0 saturated carbocycles. The van der Waals surface area contributed by atoms with E-state index in [1.807, 2.05) is 12.1 Å². The first-order valence-corrected chi connectivity index (χ1v) is 9.52. The highest BCUT2D eigenvalue weighted by Gasteiger charge is 2.33. The van der Waals surface area contributed by atoms with Crippen LogP contribution >= 0.6 is 0 Å². The van der Waals surface area contributed by atoms with Gasteiger partial charge < -0.3 is 14.7 Å². The Morgan fingerprint density at radius 3 is 2.38 bits per heavy atom. The third-order valence-corrected chi connectivity index (χ3v) is 5.25. The molecule has 1 aliphatic rings. The predicted octanol–water partition coefficient (Wildman–Crippen LogP) is 4.01. The zero-order valence-corrected chi connectivity index (χ0v) is 16.0. The van der Waals surface area contributed by atoms with Crippen molar-refractivity contribution in [2.75, 3.05) is 31.1 Å². The Labute approximate surface area is 157 Å². The van der Waals surface area contributed by atoms with E-state index in [4.69, 9.17) is 4.74 Å². The van der Waals surface area contributed by atoms with Crippen molar-refractivity contribution in [2.24, 2.45) is 5.92 Å². The highest BCUT2D eigenvalue weighted by atomic mass is 16.5. The van der Waals surface area contributed by atoms with Gasteiger partial charge in [0.15, 0.2) is 0 Å². The van der Waals surface area contributed by atoms with Crippen LogP contribution in [0.4, 0.5) is 5.69 Å². The van der Waals surface area contributed by atoms with Gasteiger partial charge in [0, 0.05) is 37.4 Å². The molecule has 0 amide bonds. The van der Waals surface area contributed by atoms with Crippen molar-refractivity contribution in [1.29, 1.82) is 0 Å². The number of aromatic hydroxyl groups is 1. The van der Waals surface area contributed by atoms with E-state index in [2.05, 4.69) is 60.9 Å². The molecule has 1 saturated heterocycles. The third kappa shape index (κ3) is 4.50. The van der Waals surface area contributed by atoms with Gasteiger partial charge >= 0.3 is 0 Å². The zero-order chi connectivity index (χ0) is 18.5. The number of ether oxygens (including phenoxy) is 1. The van der Waals surface area contributed by atoms with Crippen LogP contribution in [0.3, 0.4) is 0 Å². The Balaban J connectivity index is 1.60. The average molecular weight is 354 g/mol. The molecule has 0 aliphatic carbocycles. The van der Waals surface area contributed by atoms with E-state index in [1.165, 1.54) is 5.69 Å². The number of hydrogen-bond donors (Lipinski definition) is 1. The van der Waals surface area contributed by atoms with E-state index in [1.54, 1.807) is 12.1 Å². The number of hydrogen-bond acceptors (Lipinski definition) is 4. The van der Waals surface area contributed by atoms with Crippen molar-refractivity contribution < 1.29 is 9.84 Å². The molecular weight excluding hydrogens is 324 g/mol. The monoisotopic (exact) mass is 354 g/mol. The summed E-state index contributed by atoms with van der Waals surface area (Å²) in [5, 5.41) is 9.35. The van der Waals surface area contributed by atoms with E-state index in [9.17, 15) is 5.11 Å². The second kappa shape index (κ2) is 8.45. The van der Waals surface area contributed by atoms with Gasteiger partial charge in [0.1, 0.15) is 18.1 Å². The molecule has 1 fully saturated rings. The summed E-state index contributed by atoms with van der Waals surface area (Å²) < 4.78 is 5.85. The number of rotatable bonds is 6. The molecule has 2 aromatic carbocycles. The molecule has 2 aromatic rings. The Bertz CT molecular complexity index is 672. The van der Waals surface area contributed by atoms with Crippen molar-refractivity contribution in [1.82, 2.24) is 4.90 Å². The maximum absolute atomic E-state index is 9.35. The lowest BCUT2D eigenvalue weighted by molar-refractivity contribution is 0.122. The van der Waals surface area contributed by atoms with Crippen LogP contribution in [-0.2, 0) is 0 Å². The summed E-state index contributed by atoms with van der Waals surface area (Å²) in [6, 6.07) is 18.7. The molecule has 1 N–H and O–H groups in total. The summed E-state index contributed by atoms with van der Waals surface area (Å²) in [5.74, 6) is 1.66. The van der Waals surface area contributed by atoms with Crippen LogP contribution in [0, 0.1) is 5.92 Å². The number of phenols is 1. The lowest BCUT2D eigenvalue weighted by atomic mass is 9.96. The van der Waals surface area contributed by atoms with Gasteiger partial charge in [0.25, 0.3) is 0 Å². The number of benzene rings is 2. The molecule has 0 spiro atoms. The summed E-state index contributed by atoms with van der Waals surface area (Å²) in [6.45, 7) is 10.6. The van der Waals surface area contributed by atoms with Gasteiger partial charge in [0.2, 0.25) is 0 Å². The summed E-state index contributed by atoms with van der Waals surface area (Å²) >= 11 is 0. The van der Waals surface area contributed by atoms with Gasteiger partial charge in [-0.15, -0.1) is 0 Å². The first-order chi connectivity index (χ1) is 12.5. The van der Waals surface area contributed by atoms with E-state index in [-0.39, 0.29) is 5.75 Å². The van der Waals surface area contributed by atoms with Crippen molar-refractivity contribution in [3.63, 3.8) is 0 Å². The number of phenolic OH excluding ortho intramolecular Hbond substituents is 1. The molecule has 4 heteroatoms. The van der Waals surface area contributed by atoms with Gasteiger partial charge in [-0.2, -0.15) is 0 Å². The Morgan fingerprint density at radius 2 is 1.73 bits per heavy atom. The fourth-order valence-corrected chi connectivity index (χ4v) is 3.68. The SMILES string of the molecule is CC(C)C1CN(CCOc2ccc(O)cc2)C(C)CN1c1ccccc1. The number of anilines is 1. The normalized spacial score (nSPS) is 21.2. The first kappa shape index (κ1) is 18.6. The summed E-state index contributed by atoms with van der Waals surface area (Å²) in [4.78, 5) is 5.09. The first-order valence-electron chi connectivity index (χ1n) is 9.52. The van der Waals surface area contributed by atoms with E-state index < -0.39 is 0 Å². The molecule has 0 aromatic heterocycles. The molecule has 3 rings (SSSR count). The topological polar surface area (TPSA) is 35.9 Å². The van der Waals surface area contributed by atoms with Crippen molar-refractivity contribution in [3.8, 4) is 11.5 Å². The van der Waals surface area contributed by atoms with Crippen LogP contribution in [0.25, 0.3) is 0 Å². The number of piperazine rings is 1. The summed E-state index contributed by atoms with van der Waals surface area (Å²) in [5.41, 5.74) is 1.32. The maximum Gasteiger partial charge on any atom is 0.119 e. The molecule has 0 bridgehead atoms. The maximum atomic E-state index is 9.35. The molecule has 4 nitrogen and oxygen atoms in total. The van der Waals surface area contributed by atoms with Crippen LogP contribution in [-0.4, -0.2) is 48.3 Å². The molecule has 0 radical (unpaired) electrons. The van der Waals surface area contributed by atoms with Gasteiger partial charge in [-0.3, -0.25) is 4.90 Å². The predicted molar refractivity (Wildman–Crippen MR) is 107 cm³/mol. The fourth-order valence-electron chi connectivity index (χ4n) is 3.68. The fraction of sp³-hybridized carbons (Fsp3) is 0.455. The molecule has 2 unspecified atom stereocenters. The van der Waals surface area contributed by atoms with Crippen LogP contribution in [0.15, 0.2) is 54.6 Å². The second-order valence-corrected chi connectivity index (χ2v) is 7.49. The number of para-hydroxylation sites is 1. The van der Waals surface area contributed by atoms with E-state index in [0.29, 0.717) is 24.6 Å². The molecule has 2 atom stereocenters. The largest absolute Gasteiger partial charge is 0.508 e. The van der Waals surface area contributed by atoms with E-state index >= 15 is 0 Å². The highest BCUT2D eigenvalue weighted by molar-refractivity contribution is 5.48. The van der Waals surface area contributed by atoms with Crippen LogP contribution < -0.4 is 9.64 Å². The minimum absolute atomic E-state index is 0.266. The van der Waals surface area contributed by atoms with Gasteiger partial charge in [-0.25, -0.2) is 0 Å². The van der Waals surface area contributed by atoms with Crippen LogP contribution in [0.1, 0.15) is 20.8 Å². The van der Waals surface area contributed by atoms with Crippen LogP contribution in [0.2, 0.25) is 0 Å². The second-order valence-electron chi connectivity index (χ2n) is 7.49. The molecule has 1 aliphatic heterocycles. The Kier molecular flexibility index (Phi) is 6.04. The Hall–Kier alpha value is -2.20. The lowest BCUT2D eigenvalue weighted by Gasteiger charge is -2.48. The summed E-state index contributed by atoms with van der Waals surface area (Å²) in [6.07, 6.45) is 0. The molecule has 1 heterocycles. The highest BCUT2D eigenvalue weighted by Crippen LogP contribution is 2.27. The standard InChI is InChI=1S/C22H30N2O2/c1-17(2)22-16-23(13-14-26-21-11-9-20(25)10-12-21)18(3)15-24(22)19-7-5-4-6-8-19/h4-12,17-18,22,25H,13-16H2,1-3H3. The zero-order valence-electron chi connectivity index (χ0n) is 16.0. The molecular formula is C22H30N2O2. The lowest BCUT2D eigenvalue weighted by Crippen LogP contribution is -2.59. The molecule has 26 heavy (non-hydrogen) atoms. The number of nitrogens with zero attached hydrogens (tertiary/aromatic N) is 2.